The van der Waals surface area contributed by atoms with E-state index in [-0.39, 0.29) is 17.9 Å². The highest BCUT2D eigenvalue weighted by atomic mass is 16.2. The molecule has 2 fully saturated rings. The molecule has 0 radical (unpaired) electrons. The number of rotatable bonds is 4. The van der Waals surface area contributed by atoms with Crippen LogP contribution in [0.4, 0.5) is 4.79 Å². The monoisotopic (exact) mass is 263 g/mol. The number of hydrogen-bond acceptors (Lipinski definition) is 3. The zero-order chi connectivity index (χ0) is 13.9. The summed E-state index contributed by atoms with van der Waals surface area (Å²) in [6.07, 6.45) is 10.1. The van der Waals surface area contributed by atoms with Gasteiger partial charge in [0, 0.05) is 18.9 Å². The van der Waals surface area contributed by atoms with Gasteiger partial charge in [-0.2, -0.15) is 0 Å². The summed E-state index contributed by atoms with van der Waals surface area (Å²) >= 11 is 0. The lowest BCUT2D eigenvalue weighted by molar-refractivity contribution is -0.134. The molecule has 1 aliphatic heterocycles. The third-order valence-electron chi connectivity index (χ3n) is 4.26. The highest BCUT2D eigenvalue weighted by Crippen LogP contribution is 2.38. The van der Waals surface area contributed by atoms with Crippen LogP contribution in [0.3, 0.4) is 0 Å². The Hall–Kier alpha value is -1.54. The second-order valence-corrected chi connectivity index (χ2v) is 5.34. The van der Waals surface area contributed by atoms with Crippen LogP contribution in [0, 0.1) is 18.3 Å². The smallest absolute Gasteiger partial charge is 0.325 e. The first-order valence-corrected chi connectivity index (χ1v) is 6.93. The van der Waals surface area contributed by atoms with E-state index in [1.807, 2.05) is 0 Å². The molecular formula is C14H21N3O2. The van der Waals surface area contributed by atoms with Crippen molar-refractivity contribution in [2.24, 2.45) is 11.7 Å². The molecule has 0 aromatic rings. The standard InChI is InChI=1S/C14H21N3O2/c1-2-3-6-9-17-12(18)14(16-13(17)19)8-5-4-7-11(14)10-15/h1,11H,3-10,15H2,(H,16,19). The van der Waals surface area contributed by atoms with Gasteiger partial charge < -0.3 is 11.1 Å². The minimum Gasteiger partial charge on any atom is -0.330 e. The summed E-state index contributed by atoms with van der Waals surface area (Å²) in [7, 11) is 0. The molecule has 2 atom stereocenters. The van der Waals surface area contributed by atoms with Crippen molar-refractivity contribution in [1.29, 1.82) is 0 Å². The van der Waals surface area contributed by atoms with Crippen LogP contribution < -0.4 is 11.1 Å². The number of urea groups is 1. The molecule has 2 unspecified atom stereocenters. The van der Waals surface area contributed by atoms with Gasteiger partial charge in [-0.05, 0) is 25.8 Å². The van der Waals surface area contributed by atoms with E-state index in [9.17, 15) is 9.59 Å². The Morgan fingerprint density at radius 1 is 1.47 bits per heavy atom. The average molecular weight is 263 g/mol. The molecule has 5 nitrogen and oxygen atoms in total. The molecule has 0 aromatic heterocycles. The van der Waals surface area contributed by atoms with Crippen molar-refractivity contribution in [3.63, 3.8) is 0 Å². The maximum absolute atomic E-state index is 12.6. The van der Waals surface area contributed by atoms with Gasteiger partial charge in [-0.3, -0.25) is 9.69 Å². The fourth-order valence-corrected chi connectivity index (χ4v) is 3.20. The molecule has 1 heterocycles. The van der Waals surface area contributed by atoms with Crippen molar-refractivity contribution in [2.45, 2.75) is 44.1 Å². The first-order chi connectivity index (χ1) is 9.15. The fraction of sp³-hybridized carbons (Fsp3) is 0.714. The molecule has 1 aliphatic carbocycles. The predicted molar refractivity (Wildman–Crippen MR) is 72.1 cm³/mol. The molecule has 5 heteroatoms. The Bertz CT molecular complexity index is 415. The van der Waals surface area contributed by atoms with Gasteiger partial charge >= 0.3 is 6.03 Å². The molecule has 1 spiro atoms. The number of unbranched alkanes of at least 4 members (excludes halogenated alkanes) is 1. The Balaban J connectivity index is 2.13. The summed E-state index contributed by atoms with van der Waals surface area (Å²) in [5, 5.41) is 2.90. The van der Waals surface area contributed by atoms with E-state index in [2.05, 4.69) is 11.2 Å². The fourth-order valence-electron chi connectivity index (χ4n) is 3.20. The molecular weight excluding hydrogens is 242 g/mol. The number of imide groups is 1. The first kappa shape index (κ1) is 13.9. The molecule has 3 N–H and O–H groups in total. The highest BCUT2D eigenvalue weighted by Gasteiger charge is 2.55. The molecule has 2 rings (SSSR count). The van der Waals surface area contributed by atoms with Crippen molar-refractivity contribution < 1.29 is 9.59 Å². The molecule has 0 bridgehead atoms. The molecule has 104 valence electrons. The van der Waals surface area contributed by atoms with Crippen LogP contribution in [-0.2, 0) is 4.79 Å². The molecule has 0 aromatic carbocycles. The van der Waals surface area contributed by atoms with Gasteiger partial charge in [0.15, 0.2) is 0 Å². The van der Waals surface area contributed by atoms with Crippen LogP contribution in [0.15, 0.2) is 0 Å². The summed E-state index contributed by atoms with van der Waals surface area (Å²) in [6, 6.07) is -0.289. The number of nitrogens with two attached hydrogens (primary N) is 1. The Labute approximate surface area is 113 Å². The Morgan fingerprint density at radius 3 is 2.95 bits per heavy atom. The van der Waals surface area contributed by atoms with Crippen LogP contribution in [0.2, 0.25) is 0 Å². The zero-order valence-corrected chi connectivity index (χ0v) is 11.2. The Kier molecular flexibility index (Phi) is 4.11. The predicted octanol–water partition coefficient (Wildman–Crippen LogP) is 0.839. The van der Waals surface area contributed by atoms with Crippen molar-refractivity contribution in [3.05, 3.63) is 0 Å². The van der Waals surface area contributed by atoms with Gasteiger partial charge in [0.25, 0.3) is 5.91 Å². The minimum absolute atomic E-state index is 0.0512. The number of terminal acetylenes is 1. The van der Waals surface area contributed by atoms with Crippen LogP contribution >= 0.6 is 0 Å². The van der Waals surface area contributed by atoms with Crippen LogP contribution in [0.1, 0.15) is 38.5 Å². The van der Waals surface area contributed by atoms with Gasteiger partial charge in [-0.15, -0.1) is 12.3 Å². The van der Waals surface area contributed by atoms with Gasteiger partial charge in [0.1, 0.15) is 5.54 Å². The second kappa shape index (κ2) is 5.62. The summed E-state index contributed by atoms with van der Waals surface area (Å²) < 4.78 is 0. The van der Waals surface area contributed by atoms with Gasteiger partial charge in [0.05, 0.1) is 0 Å². The van der Waals surface area contributed by atoms with Crippen LogP contribution in [-0.4, -0.2) is 35.5 Å². The van der Waals surface area contributed by atoms with E-state index in [0.29, 0.717) is 32.4 Å². The van der Waals surface area contributed by atoms with E-state index in [1.165, 1.54) is 4.90 Å². The number of nitrogens with zero attached hydrogens (tertiary/aromatic N) is 1. The summed E-state index contributed by atoms with van der Waals surface area (Å²) in [6.45, 7) is 0.831. The van der Waals surface area contributed by atoms with Crippen LogP contribution in [0.25, 0.3) is 0 Å². The van der Waals surface area contributed by atoms with Crippen molar-refractivity contribution in [2.75, 3.05) is 13.1 Å². The normalized spacial score (nSPS) is 30.5. The van der Waals surface area contributed by atoms with Gasteiger partial charge in [-0.1, -0.05) is 12.8 Å². The zero-order valence-electron chi connectivity index (χ0n) is 11.2. The van der Waals surface area contributed by atoms with Gasteiger partial charge in [0.2, 0.25) is 0 Å². The van der Waals surface area contributed by atoms with Crippen molar-refractivity contribution in [1.82, 2.24) is 10.2 Å². The quantitative estimate of drug-likeness (QED) is 0.448. The van der Waals surface area contributed by atoms with Gasteiger partial charge in [-0.25, -0.2) is 4.79 Å². The lowest BCUT2D eigenvalue weighted by Gasteiger charge is -2.38. The third-order valence-corrected chi connectivity index (χ3v) is 4.26. The molecule has 1 saturated heterocycles. The maximum Gasteiger partial charge on any atom is 0.325 e. The second-order valence-electron chi connectivity index (χ2n) is 5.34. The third kappa shape index (κ3) is 2.33. The molecule has 1 saturated carbocycles. The molecule has 3 amide bonds. The SMILES string of the molecule is C#CCCCN1C(=O)NC2(CCCCC2CN)C1=O. The molecule has 19 heavy (non-hydrogen) atoms. The number of carbonyl (C=O) groups is 2. The molecule has 2 aliphatic rings. The topological polar surface area (TPSA) is 75.4 Å². The minimum atomic E-state index is -0.750. The van der Waals surface area contributed by atoms with Crippen molar-refractivity contribution in [3.8, 4) is 12.3 Å². The number of carbonyl (C=O) groups excluding carboxylic acids is 2. The lowest BCUT2D eigenvalue weighted by atomic mass is 9.72. The lowest BCUT2D eigenvalue weighted by Crippen LogP contribution is -2.57. The summed E-state index contributed by atoms with van der Waals surface area (Å²) in [5.41, 5.74) is 5.03. The van der Waals surface area contributed by atoms with E-state index in [0.717, 1.165) is 19.3 Å². The Morgan fingerprint density at radius 2 is 2.26 bits per heavy atom. The average Bonchev–Trinajstić information content (AvgIpc) is 2.64. The first-order valence-electron chi connectivity index (χ1n) is 6.93. The van der Waals surface area contributed by atoms with E-state index < -0.39 is 5.54 Å². The van der Waals surface area contributed by atoms with Crippen LogP contribution in [0.5, 0.6) is 0 Å². The van der Waals surface area contributed by atoms with E-state index >= 15 is 0 Å². The highest BCUT2D eigenvalue weighted by molar-refractivity contribution is 6.07. The number of hydrogen-bond donors (Lipinski definition) is 2. The summed E-state index contributed by atoms with van der Waals surface area (Å²) in [5.74, 6) is 2.47. The van der Waals surface area contributed by atoms with E-state index in [1.54, 1.807) is 0 Å². The number of amides is 3. The van der Waals surface area contributed by atoms with E-state index in [4.69, 9.17) is 12.2 Å². The maximum atomic E-state index is 12.6. The van der Waals surface area contributed by atoms with Crippen molar-refractivity contribution >= 4 is 11.9 Å². The number of nitrogens with one attached hydrogen (secondary N) is 1. The summed E-state index contributed by atoms with van der Waals surface area (Å²) in [4.78, 5) is 25.9. The largest absolute Gasteiger partial charge is 0.330 e.